The van der Waals surface area contributed by atoms with Crippen LogP contribution in [0.5, 0.6) is 0 Å². The summed E-state index contributed by atoms with van der Waals surface area (Å²) in [6.07, 6.45) is 4.57. The molecule has 0 saturated carbocycles. The fraction of sp³-hybridized carbons (Fsp3) is 0.690. The molecule has 202 valence electrons. The van der Waals surface area contributed by atoms with Gasteiger partial charge in [0.05, 0.1) is 34.7 Å². The lowest BCUT2D eigenvalue weighted by molar-refractivity contribution is -0.155. The number of esters is 1. The lowest BCUT2D eigenvalue weighted by atomic mass is 9.72. The lowest BCUT2D eigenvalue weighted by Gasteiger charge is -2.35. The number of Topliss-reactive ketones (excluding diaryl/α,β-unsaturated/α-hetero) is 1. The second kappa shape index (κ2) is 12.1. The van der Waals surface area contributed by atoms with Crippen molar-refractivity contribution in [1.82, 2.24) is 4.98 Å². The van der Waals surface area contributed by atoms with Gasteiger partial charge in [0.2, 0.25) is 0 Å². The van der Waals surface area contributed by atoms with E-state index in [-0.39, 0.29) is 29.5 Å². The molecule has 0 spiro atoms. The molecule has 2 rings (SSSR count). The van der Waals surface area contributed by atoms with Crippen LogP contribution in [0.1, 0.15) is 85.4 Å². The number of allylic oxidation sites excluding steroid dienone is 2. The van der Waals surface area contributed by atoms with Gasteiger partial charge in [0.25, 0.3) is 0 Å². The van der Waals surface area contributed by atoms with Crippen LogP contribution in [-0.2, 0) is 14.3 Å². The summed E-state index contributed by atoms with van der Waals surface area (Å²) in [5, 5.41) is 24.7. The van der Waals surface area contributed by atoms with E-state index in [9.17, 15) is 19.8 Å². The molecule has 0 bridgehead atoms. The third-order valence-corrected chi connectivity index (χ3v) is 8.82. The summed E-state index contributed by atoms with van der Waals surface area (Å²) in [5.41, 5.74) is 0.321. The predicted octanol–water partition coefficient (Wildman–Crippen LogP) is 5.76. The molecule has 1 aromatic heterocycles. The van der Waals surface area contributed by atoms with E-state index < -0.39 is 35.6 Å². The number of aromatic nitrogens is 1. The second-order valence-electron chi connectivity index (χ2n) is 11.8. The minimum absolute atomic E-state index is 0.128. The summed E-state index contributed by atoms with van der Waals surface area (Å²) in [6.45, 7) is 17.2. The van der Waals surface area contributed by atoms with Gasteiger partial charge in [-0.15, -0.1) is 11.3 Å². The van der Waals surface area contributed by atoms with E-state index in [1.807, 2.05) is 32.2 Å². The molecule has 7 heteroatoms. The van der Waals surface area contributed by atoms with Gasteiger partial charge in [0.15, 0.2) is 0 Å². The van der Waals surface area contributed by atoms with Crippen molar-refractivity contribution in [3.8, 4) is 0 Å². The molecule has 0 unspecified atom stereocenters. The Balaban J connectivity index is 2.44. The molecule has 2 N–H and O–H groups in total. The zero-order chi connectivity index (χ0) is 27.4. The number of rotatable bonds is 2. The summed E-state index contributed by atoms with van der Waals surface area (Å²) in [4.78, 5) is 30.8. The highest BCUT2D eigenvalue weighted by molar-refractivity contribution is 7.09. The molecule has 6 nitrogen and oxygen atoms in total. The minimum atomic E-state index is -1.23. The second-order valence-corrected chi connectivity index (χ2v) is 12.9. The van der Waals surface area contributed by atoms with E-state index >= 15 is 0 Å². The molecule has 0 saturated heterocycles. The van der Waals surface area contributed by atoms with Crippen molar-refractivity contribution in [2.75, 3.05) is 0 Å². The molecule has 6 atom stereocenters. The first-order chi connectivity index (χ1) is 16.6. The Morgan fingerprint density at radius 3 is 2.39 bits per heavy atom. The van der Waals surface area contributed by atoms with Crippen LogP contribution in [0.2, 0.25) is 0 Å². The SMILES string of the molecule is CC(=Cc1csc(C)n1)[C@@H]1C[C@H](C)C(C)(C)C=CC[C@H](C)[C@H](O)[C@@H](C)C(=O)C(C)(C)[C@@H](O)CC(=O)O1. The van der Waals surface area contributed by atoms with Crippen molar-refractivity contribution in [3.05, 3.63) is 33.8 Å². The average molecular weight is 520 g/mol. The number of hydrogen-bond donors (Lipinski definition) is 2. The van der Waals surface area contributed by atoms with Gasteiger partial charge in [-0.3, -0.25) is 9.59 Å². The van der Waals surface area contributed by atoms with Gasteiger partial charge in [-0.1, -0.05) is 60.6 Å². The fourth-order valence-corrected chi connectivity index (χ4v) is 5.20. The first kappa shape index (κ1) is 30.4. The largest absolute Gasteiger partial charge is 0.458 e. The topological polar surface area (TPSA) is 96.7 Å². The number of cyclic esters (lactones) is 1. The zero-order valence-corrected chi connectivity index (χ0v) is 24.2. The fourth-order valence-electron chi connectivity index (χ4n) is 4.63. The predicted molar refractivity (Wildman–Crippen MR) is 145 cm³/mol. The van der Waals surface area contributed by atoms with Crippen molar-refractivity contribution >= 4 is 29.2 Å². The van der Waals surface area contributed by atoms with Crippen LogP contribution in [-0.4, -0.2) is 45.3 Å². The molecule has 1 aromatic rings. The molecule has 36 heavy (non-hydrogen) atoms. The third kappa shape index (κ3) is 7.59. The highest BCUT2D eigenvalue weighted by Gasteiger charge is 2.42. The average Bonchev–Trinajstić information content (AvgIpc) is 3.20. The van der Waals surface area contributed by atoms with Gasteiger partial charge < -0.3 is 14.9 Å². The number of aliphatic hydroxyl groups excluding tert-OH is 2. The van der Waals surface area contributed by atoms with Crippen LogP contribution in [0, 0.1) is 35.5 Å². The number of thiazole rings is 1. The summed E-state index contributed by atoms with van der Waals surface area (Å²) in [7, 11) is 0. The zero-order valence-electron chi connectivity index (χ0n) is 23.4. The van der Waals surface area contributed by atoms with E-state index in [0.717, 1.165) is 16.3 Å². The van der Waals surface area contributed by atoms with Crippen molar-refractivity contribution in [2.24, 2.45) is 28.6 Å². The molecular weight excluding hydrogens is 474 g/mol. The quantitative estimate of drug-likeness (QED) is 0.381. The van der Waals surface area contributed by atoms with Crippen LogP contribution >= 0.6 is 11.3 Å². The van der Waals surface area contributed by atoms with Gasteiger partial charge in [0.1, 0.15) is 11.9 Å². The first-order valence-electron chi connectivity index (χ1n) is 12.9. The van der Waals surface area contributed by atoms with Gasteiger partial charge in [-0.2, -0.15) is 0 Å². The lowest BCUT2D eigenvalue weighted by Crippen LogP contribution is -2.45. The van der Waals surface area contributed by atoms with E-state index in [1.165, 1.54) is 0 Å². The van der Waals surface area contributed by atoms with Crippen molar-refractivity contribution < 1.29 is 24.5 Å². The van der Waals surface area contributed by atoms with Gasteiger partial charge >= 0.3 is 5.97 Å². The highest BCUT2D eigenvalue weighted by atomic mass is 32.1. The number of ketones is 1. The summed E-state index contributed by atoms with van der Waals surface area (Å²) in [6, 6.07) is 0. The molecule has 0 fully saturated rings. The molecule has 0 aliphatic carbocycles. The highest BCUT2D eigenvalue weighted by Crippen LogP contribution is 2.36. The van der Waals surface area contributed by atoms with Gasteiger partial charge in [-0.25, -0.2) is 4.98 Å². The number of aryl methyl sites for hydroxylation is 1. The smallest absolute Gasteiger partial charge is 0.309 e. The number of ether oxygens (including phenoxy) is 1. The number of carbonyl (C=O) groups is 2. The molecule has 1 aliphatic heterocycles. The Labute approximate surface area is 220 Å². The summed E-state index contributed by atoms with van der Waals surface area (Å²) < 4.78 is 5.94. The number of nitrogens with zero attached hydrogens (tertiary/aromatic N) is 1. The number of hydrogen-bond acceptors (Lipinski definition) is 7. The molecule has 0 amide bonds. The molecule has 0 radical (unpaired) electrons. The Bertz CT molecular complexity index is 976. The van der Waals surface area contributed by atoms with Crippen LogP contribution < -0.4 is 0 Å². The molecule has 1 aliphatic rings. The Hall–Kier alpha value is -1.83. The molecule has 0 aromatic carbocycles. The minimum Gasteiger partial charge on any atom is -0.458 e. The molecular formula is C29H45NO5S. The van der Waals surface area contributed by atoms with Crippen LogP contribution in [0.3, 0.4) is 0 Å². The van der Waals surface area contributed by atoms with E-state index in [4.69, 9.17) is 4.74 Å². The molecule has 2 heterocycles. The standard InChI is InChI=1S/C29H45NO5S/c1-17-11-10-12-28(6,7)19(3)14-23(18(2)13-22-16-36-21(5)30-22)35-25(32)15-24(31)29(8,9)27(34)20(4)26(17)33/h10,12-13,16-17,19-20,23-24,26,31,33H,11,14-15H2,1-9H3/t17-,19-,20+,23-,24-,26-/m0/s1. The van der Waals surface area contributed by atoms with E-state index in [1.54, 1.807) is 32.1 Å². The van der Waals surface area contributed by atoms with Crippen LogP contribution in [0.4, 0.5) is 0 Å². The maximum absolute atomic E-state index is 13.3. The van der Waals surface area contributed by atoms with Gasteiger partial charge in [-0.05, 0) is 55.6 Å². The normalized spacial score (nSPS) is 32.8. The van der Waals surface area contributed by atoms with Crippen molar-refractivity contribution in [2.45, 2.75) is 99.9 Å². The number of carbonyl (C=O) groups excluding carboxylic acids is 2. The maximum Gasteiger partial charge on any atom is 0.309 e. The number of aliphatic hydroxyl groups is 2. The van der Waals surface area contributed by atoms with Crippen molar-refractivity contribution in [1.29, 1.82) is 0 Å². The van der Waals surface area contributed by atoms with E-state index in [2.05, 4.69) is 37.9 Å². The van der Waals surface area contributed by atoms with Crippen molar-refractivity contribution in [3.63, 3.8) is 0 Å². The van der Waals surface area contributed by atoms with Crippen LogP contribution in [0.15, 0.2) is 23.1 Å². The van der Waals surface area contributed by atoms with Gasteiger partial charge in [0, 0.05) is 11.3 Å². The third-order valence-electron chi connectivity index (χ3n) is 8.02. The first-order valence-corrected chi connectivity index (χ1v) is 13.8. The summed E-state index contributed by atoms with van der Waals surface area (Å²) in [5.74, 6) is -1.45. The summed E-state index contributed by atoms with van der Waals surface area (Å²) >= 11 is 1.57. The Morgan fingerprint density at radius 1 is 1.17 bits per heavy atom. The van der Waals surface area contributed by atoms with E-state index in [0.29, 0.717) is 12.8 Å². The van der Waals surface area contributed by atoms with Crippen LogP contribution in [0.25, 0.3) is 6.08 Å². The Morgan fingerprint density at radius 2 is 1.81 bits per heavy atom. The maximum atomic E-state index is 13.3. The monoisotopic (exact) mass is 519 g/mol. The Kier molecular flexibility index (Phi) is 10.3.